The van der Waals surface area contributed by atoms with E-state index in [0.717, 1.165) is 10.8 Å². The van der Waals surface area contributed by atoms with Crippen LogP contribution in [0.5, 0.6) is 0 Å². The van der Waals surface area contributed by atoms with E-state index in [2.05, 4.69) is 5.32 Å². The Morgan fingerprint density at radius 2 is 2.04 bits per heavy atom. The monoisotopic (exact) mass is 389 g/mol. The van der Waals surface area contributed by atoms with E-state index in [-0.39, 0.29) is 30.0 Å². The van der Waals surface area contributed by atoms with Gasteiger partial charge in [0.1, 0.15) is 23.3 Å². The van der Waals surface area contributed by atoms with Crippen LogP contribution >= 0.6 is 11.6 Å². The number of nitrogens with one attached hydrogen (secondary N) is 2. The number of hydrogen-bond donors (Lipinski definition) is 4. The molecule has 1 aromatic rings. The van der Waals surface area contributed by atoms with Crippen LogP contribution in [0.2, 0.25) is 5.02 Å². The van der Waals surface area contributed by atoms with E-state index in [0.29, 0.717) is 12.8 Å². The van der Waals surface area contributed by atoms with Crippen LogP contribution in [0.4, 0.5) is 0 Å². The van der Waals surface area contributed by atoms with Crippen LogP contribution in [0.25, 0.3) is 0 Å². The number of amides is 1. The molecule has 1 aliphatic rings. The van der Waals surface area contributed by atoms with Crippen LogP contribution in [0, 0.1) is 5.92 Å². The first-order chi connectivity index (χ1) is 12.3. The summed E-state index contributed by atoms with van der Waals surface area (Å²) < 4.78 is 6.62. The summed E-state index contributed by atoms with van der Waals surface area (Å²) in [6.07, 6.45) is -0.980. The summed E-state index contributed by atoms with van der Waals surface area (Å²) in [4.78, 5) is 37.3. The molecule has 0 bridgehead atoms. The molecule has 0 unspecified atom stereocenters. The van der Waals surface area contributed by atoms with Gasteiger partial charge in [0.2, 0.25) is 5.91 Å². The average molecular weight is 390 g/mol. The highest BCUT2D eigenvalue weighted by molar-refractivity contribution is 6.30. The van der Waals surface area contributed by atoms with E-state index in [1.807, 2.05) is 18.8 Å². The number of aromatic amines is 1. The van der Waals surface area contributed by atoms with Crippen LogP contribution in [-0.4, -0.2) is 56.6 Å². The number of rotatable bonds is 6. The van der Waals surface area contributed by atoms with Gasteiger partial charge < -0.3 is 20.3 Å². The van der Waals surface area contributed by atoms with Gasteiger partial charge in [-0.15, -0.1) is 0 Å². The van der Waals surface area contributed by atoms with Gasteiger partial charge in [0.15, 0.2) is 0 Å². The van der Waals surface area contributed by atoms with E-state index in [9.17, 15) is 24.6 Å². The molecule has 2 heterocycles. The standard InChI is InChI=1S/C16H24ClN3O6/c1-3-8(4-2)14(23)18-10-7-26-11(13(22)12(10)21)6-20-5-9(17)15(24)19-16(20)25/h5,8,10-13,21-22H,3-4,6-7H2,1-2H3,(H,18,23)(H,19,24,25)/t10-,11-,12+,13-/m1/s1. The molecule has 0 saturated carbocycles. The second kappa shape index (κ2) is 8.81. The topological polar surface area (TPSA) is 134 Å². The molecule has 146 valence electrons. The fourth-order valence-corrected chi connectivity index (χ4v) is 3.11. The fraction of sp³-hybridized carbons (Fsp3) is 0.688. The van der Waals surface area contributed by atoms with E-state index < -0.39 is 35.6 Å². The maximum atomic E-state index is 12.2. The molecule has 1 amide bonds. The quantitative estimate of drug-likeness (QED) is 0.505. The lowest BCUT2D eigenvalue weighted by Crippen LogP contribution is -2.60. The maximum absolute atomic E-state index is 12.2. The van der Waals surface area contributed by atoms with Crippen LogP contribution in [0.15, 0.2) is 15.8 Å². The van der Waals surface area contributed by atoms with Crippen molar-refractivity contribution in [3.05, 3.63) is 32.1 Å². The van der Waals surface area contributed by atoms with E-state index in [1.165, 1.54) is 0 Å². The molecule has 9 nitrogen and oxygen atoms in total. The molecule has 4 atom stereocenters. The number of aromatic nitrogens is 2. The Bertz CT molecular complexity index is 744. The van der Waals surface area contributed by atoms with E-state index >= 15 is 0 Å². The summed E-state index contributed by atoms with van der Waals surface area (Å²) in [7, 11) is 0. The molecule has 1 aromatic heterocycles. The van der Waals surface area contributed by atoms with Crippen molar-refractivity contribution in [2.45, 2.75) is 57.6 Å². The second-order valence-corrected chi connectivity index (χ2v) is 6.78. The lowest BCUT2D eigenvalue weighted by molar-refractivity contribution is -0.159. The number of halogens is 1. The highest BCUT2D eigenvalue weighted by Gasteiger charge is 2.39. The molecule has 10 heteroatoms. The highest BCUT2D eigenvalue weighted by Crippen LogP contribution is 2.18. The van der Waals surface area contributed by atoms with Gasteiger partial charge in [-0.3, -0.25) is 19.1 Å². The summed E-state index contributed by atoms with van der Waals surface area (Å²) in [5, 5.41) is 23.1. The predicted molar refractivity (Wildman–Crippen MR) is 94.1 cm³/mol. The molecule has 4 N–H and O–H groups in total. The first-order valence-corrected chi connectivity index (χ1v) is 8.93. The van der Waals surface area contributed by atoms with Crippen molar-refractivity contribution >= 4 is 17.5 Å². The van der Waals surface area contributed by atoms with Crippen molar-refractivity contribution in [2.24, 2.45) is 5.92 Å². The molecular weight excluding hydrogens is 366 g/mol. The van der Waals surface area contributed by atoms with Gasteiger partial charge in [0, 0.05) is 12.1 Å². The molecule has 2 rings (SSSR count). The smallest absolute Gasteiger partial charge is 0.328 e. The average Bonchev–Trinajstić information content (AvgIpc) is 2.60. The van der Waals surface area contributed by atoms with Gasteiger partial charge in [-0.1, -0.05) is 25.4 Å². The van der Waals surface area contributed by atoms with Gasteiger partial charge in [-0.25, -0.2) is 4.79 Å². The number of carbonyl (C=O) groups excluding carboxylic acids is 1. The molecule has 1 fully saturated rings. The van der Waals surface area contributed by atoms with Crippen molar-refractivity contribution in [1.29, 1.82) is 0 Å². The fourth-order valence-electron chi connectivity index (χ4n) is 2.94. The first-order valence-electron chi connectivity index (χ1n) is 8.55. The zero-order chi connectivity index (χ0) is 19.4. The van der Waals surface area contributed by atoms with E-state index in [1.54, 1.807) is 0 Å². The largest absolute Gasteiger partial charge is 0.388 e. The minimum atomic E-state index is -1.33. The number of hydrogen-bond acceptors (Lipinski definition) is 6. The Hall–Kier alpha value is -1.68. The minimum Gasteiger partial charge on any atom is -0.388 e. The SMILES string of the molecule is CCC(CC)C(=O)N[C@@H]1CO[C@H](Cn2cc(Cl)c(=O)[nH]c2=O)[C@@H](O)[C@H]1O. The third-order valence-corrected chi connectivity index (χ3v) is 4.93. The summed E-state index contributed by atoms with van der Waals surface area (Å²) in [5.41, 5.74) is -1.41. The zero-order valence-corrected chi connectivity index (χ0v) is 15.4. The first kappa shape index (κ1) is 20.6. The number of aliphatic hydroxyl groups excluding tert-OH is 2. The Kier molecular flexibility index (Phi) is 6.99. The number of H-pyrrole nitrogens is 1. The maximum Gasteiger partial charge on any atom is 0.328 e. The van der Waals surface area contributed by atoms with Crippen LogP contribution in [0.3, 0.4) is 0 Å². The number of carbonyl (C=O) groups is 1. The van der Waals surface area contributed by atoms with Crippen LogP contribution in [0.1, 0.15) is 26.7 Å². The van der Waals surface area contributed by atoms with Crippen molar-refractivity contribution in [3.63, 3.8) is 0 Å². The van der Waals surface area contributed by atoms with Crippen LogP contribution in [-0.2, 0) is 16.1 Å². The molecule has 0 aromatic carbocycles. The molecule has 0 aliphatic carbocycles. The Balaban J connectivity index is 2.04. The molecule has 0 radical (unpaired) electrons. The Morgan fingerprint density at radius 3 is 2.65 bits per heavy atom. The normalized spacial score (nSPS) is 26.1. The molecule has 26 heavy (non-hydrogen) atoms. The number of aliphatic hydroxyl groups is 2. The van der Waals surface area contributed by atoms with E-state index in [4.69, 9.17) is 16.3 Å². The van der Waals surface area contributed by atoms with Crippen molar-refractivity contribution in [3.8, 4) is 0 Å². The third-order valence-electron chi connectivity index (χ3n) is 4.66. The Labute approximate surface area is 154 Å². The Morgan fingerprint density at radius 1 is 1.38 bits per heavy atom. The highest BCUT2D eigenvalue weighted by atomic mass is 35.5. The lowest BCUT2D eigenvalue weighted by atomic mass is 9.96. The summed E-state index contributed by atoms with van der Waals surface area (Å²) >= 11 is 5.70. The predicted octanol–water partition coefficient (Wildman–Crippen LogP) is -0.768. The summed E-state index contributed by atoms with van der Waals surface area (Å²) in [6.45, 7) is 3.68. The molecule has 1 saturated heterocycles. The molecule has 0 spiro atoms. The molecular formula is C16H24ClN3O6. The van der Waals surface area contributed by atoms with Gasteiger partial charge >= 0.3 is 5.69 Å². The van der Waals surface area contributed by atoms with Crippen molar-refractivity contribution < 1.29 is 19.7 Å². The van der Waals surface area contributed by atoms with Gasteiger partial charge in [-0.2, -0.15) is 0 Å². The summed E-state index contributed by atoms with van der Waals surface area (Å²) in [5.74, 6) is -0.365. The van der Waals surface area contributed by atoms with Gasteiger partial charge in [0.05, 0.1) is 19.2 Å². The lowest BCUT2D eigenvalue weighted by Gasteiger charge is -2.38. The summed E-state index contributed by atoms with van der Waals surface area (Å²) in [6, 6.07) is -0.745. The van der Waals surface area contributed by atoms with Crippen molar-refractivity contribution in [2.75, 3.05) is 6.61 Å². The minimum absolute atomic E-state index is 0.0133. The number of ether oxygens (including phenoxy) is 1. The van der Waals surface area contributed by atoms with Gasteiger partial charge in [-0.05, 0) is 12.8 Å². The van der Waals surface area contributed by atoms with Gasteiger partial charge in [0.25, 0.3) is 5.56 Å². The van der Waals surface area contributed by atoms with Crippen LogP contribution < -0.4 is 16.6 Å². The second-order valence-electron chi connectivity index (χ2n) is 6.37. The zero-order valence-electron chi connectivity index (χ0n) is 14.6. The number of nitrogens with zero attached hydrogens (tertiary/aromatic N) is 1. The van der Waals surface area contributed by atoms with Crippen molar-refractivity contribution in [1.82, 2.24) is 14.9 Å². The molecule has 1 aliphatic heterocycles. The third kappa shape index (κ3) is 4.53.